The molecule has 5 heteroatoms. The van der Waals surface area contributed by atoms with Gasteiger partial charge in [-0.25, -0.2) is 4.79 Å². The first-order valence-electron chi connectivity index (χ1n) is 6.85. The quantitative estimate of drug-likeness (QED) is 0.700. The zero-order valence-corrected chi connectivity index (χ0v) is 10.6. The van der Waals surface area contributed by atoms with Crippen molar-refractivity contribution in [3.63, 3.8) is 0 Å². The molecule has 3 aliphatic carbocycles. The van der Waals surface area contributed by atoms with Crippen molar-refractivity contribution in [1.29, 1.82) is 0 Å². The molecule has 5 unspecified atom stereocenters. The van der Waals surface area contributed by atoms with Crippen molar-refractivity contribution in [3.05, 3.63) is 0 Å². The molecule has 0 spiro atoms. The van der Waals surface area contributed by atoms with E-state index in [1.165, 1.54) is 19.3 Å². The molecule has 0 radical (unpaired) electrons. The molecule has 100 valence electrons. The number of urea groups is 1. The van der Waals surface area contributed by atoms with E-state index >= 15 is 0 Å². The first-order chi connectivity index (χ1) is 8.58. The highest BCUT2D eigenvalue weighted by atomic mass is 16.4. The van der Waals surface area contributed by atoms with Gasteiger partial charge in [0.1, 0.15) is 0 Å². The Balaban J connectivity index is 1.42. The van der Waals surface area contributed by atoms with Crippen LogP contribution in [0.3, 0.4) is 0 Å². The summed E-state index contributed by atoms with van der Waals surface area (Å²) in [6, 6.07) is 0.151. The number of fused-ring (bicyclic) bond motifs is 5. The normalized spacial score (nSPS) is 41.1. The molecular weight excluding hydrogens is 232 g/mol. The Bertz CT molecular complexity index is 368. The second-order valence-corrected chi connectivity index (χ2v) is 6.11. The van der Waals surface area contributed by atoms with Gasteiger partial charge in [-0.3, -0.25) is 4.79 Å². The largest absolute Gasteiger partial charge is 0.481 e. The summed E-state index contributed by atoms with van der Waals surface area (Å²) >= 11 is 0. The highest BCUT2D eigenvalue weighted by Crippen LogP contribution is 2.65. The third-order valence-electron chi connectivity index (χ3n) is 5.02. The summed E-state index contributed by atoms with van der Waals surface area (Å²) < 4.78 is 0. The van der Waals surface area contributed by atoms with E-state index < -0.39 is 11.9 Å². The van der Waals surface area contributed by atoms with Crippen molar-refractivity contribution in [2.45, 2.75) is 32.2 Å². The maximum Gasteiger partial charge on any atom is 0.315 e. The Labute approximate surface area is 106 Å². The third kappa shape index (κ3) is 1.85. The van der Waals surface area contributed by atoms with Gasteiger partial charge in [0.15, 0.2) is 0 Å². The maximum atomic E-state index is 11.7. The lowest BCUT2D eigenvalue weighted by molar-refractivity contribution is -0.140. The SMILES string of the molecule is CC(CNC(=O)NC1C2C3CCC(C3)C12)C(=O)O. The van der Waals surface area contributed by atoms with Gasteiger partial charge in [0.05, 0.1) is 5.92 Å². The summed E-state index contributed by atoms with van der Waals surface area (Å²) in [7, 11) is 0. The summed E-state index contributed by atoms with van der Waals surface area (Å²) in [6.45, 7) is 1.78. The standard InChI is InChI=1S/C13H20N2O3/c1-6(12(16)17)5-14-13(18)15-11-9-7-2-3-8(4-7)10(9)11/h6-11H,2-5H2,1H3,(H,16,17)(H2,14,15,18). The van der Waals surface area contributed by atoms with Crippen molar-refractivity contribution in [2.24, 2.45) is 29.6 Å². The molecule has 3 rings (SSSR count). The molecule has 3 aliphatic rings. The molecule has 18 heavy (non-hydrogen) atoms. The lowest BCUT2D eigenvalue weighted by Gasteiger charge is -2.12. The number of carbonyl (C=O) groups excluding carboxylic acids is 1. The monoisotopic (exact) mass is 252 g/mol. The Morgan fingerprint density at radius 3 is 2.44 bits per heavy atom. The second-order valence-electron chi connectivity index (χ2n) is 6.11. The lowest BCUT2D eigenvalue weighted by Crippen LogP contribution is -2.41. The zero-order valence-electron chi connectivity index (χ0n) is 10.6. The lowest BCUT2D eigenvalue weighted by atomic mass is 10.0. The van der Waals surface area contributed by atoms with E-state index in [0.717, 1.165) is 11.8 Å². The molecule has 3 fully saturated rings. The molecule has 0 heterocycles. The molecule has 3 saturated carbocycles. The van der Waals surface area contributed by atoms with E-state index in [-0.39, 0.29) is 12.6 Å². The van der Waals surface area contributed by atoms with Crippen LogP contribution in [0, 0.1) is 29.6 Å². The number of carboxylic acids is 1. The van der Waals surface area contributed by atoms with Crippen LogP contribution < -0.4 is 10.6 Å². The number of aliphatic carboxylic acids is 1. The van der Waals surface area contributed by atoms with Gasteiger partial charge in [0.25, 0.3) is 0 Å². The number of amides is 2. The van der Waals surface area contributed by atoms with Gasteiger partial charge in [-0.15, -0.1) is 0 Å². The Morgan fingerprint density at radius 2 is 1.89 bits per heavy atom. The Hall–Kier alpha value is -1.26. The van der Waals surface area contributed by atoms with Crippen LogP contribution in [0.1, 0.15) is 26.2 Å². The molecule has 0 aromatic rings. The van der Waals surface area contributed by atoms with Crippen LogP contribution in [0.5, 0.6) is 0 Å². The molecular formula is C13H20N2O3. The van der Waals surface area contributed by atoms with Crippen molar-refractivity contribution in [3.8, 4) is 0 Å². The smallest absolute Gasteiger partial charge is 0.315 e. The summed E-state index contributed by atoms with van der Waals surface area (Å²) in [5.74, 6) is 1.69. The zero-order chi connectivity index (χ0) is 12.9. The number of carbonyl (C=O) groups is 2. The van der Waals surface area contributed by atoms with Gasteiger partial charge in [0.2, 0.25) is 0 Å². The van der Waals surface area contributed by atoms with Crippen LogP contribution in [-0.4, -0.2) is 29.7 Å². The van der Waals surface area contributed by atoms with E-state index in [1.807, 2.05) is 0 Å². The van der Waals surface area contributed by atoms with Crippen LogP contribution in [0.25, 0.3) is 0 Å². The average molecular weight is 252 g/mol. The number of hydrogen-bond acceptors (Lipinski definition) is 2. The molecule has 0 saturated heterocycles. The molecule has 5 atom stereocenters. The van der Waals surface area contributed by atoms with Crippen molar-refractivity contribution in [2.75, 3.05) is 6.54 Å². The van der Waals surface area contributed by atoms with Gasteiger partial charge < -0.3 is 15.7 Å². The average Bonchev–Trinajstić information content (AvgIpc) is 2.74. The van der Waals surface area contributed by atoms with Gasteiger partial charge in [-0.1, -0.05) is 6.92 Å². The molecule has 5 nitrogen and oxygen atoms in total. The van der Waals surface area contributed by atoms with Gasteiger partial charge >= 0.3 is 12.0 Å². The maximum absolute atomic E-state index is 11.7. The second kappa shape index (κ2) is 4.14. The van der Waals surface area contributed by atoms with Gasteiger partial charge in [-0.2, -0.15) is 0 Å². The minimum Gasteiger partial charge on any atom is -0.481 e. The van der Waals surface area contributed by atoms with Crippen LogP contribution in [0.4, 0.5) is 4.79 Å². The Kier molecular flexibility index (Phi) is 2.72. The van der Waals surface area contributed by atoms with Gasteiger partial charge in [-0.05, 0) is 42.9 Å². The predicted octanol–water partition coefficient (Wildman–Crippen LogP) is 1.05. The van der Waals surface area contributed by atoms with Gasteiger partial charge in [0, 0.05) is 12.6 Å². The fraction of sp³-hybridized carbons (Fsp3) is 0.846. The fourth-order valence-corrected chi connectivity index (χ4v) is 4.05. The first-order valence-corrected chi connectivity index (χ1v) is 6.85. The highest BCUT2D eigenvalue weighted by molar-refractivity contribution is 5.76. The number of nitrogens with one attached hydrogen (secondary N) is 2. The summed E-state index contributed by atoms with van der Waals surface area (Å²) in [5.41, 5.74) is 0. The van der Waals surface area contributed by atoms with Crippen LogP contribution >= 0.6 is 0 Å². The topological polar surface area (TPSA) is 78.4 Å². The van der Waals surface area contributed by atoms with Crippen LogP contribution in [0.15, 0.2) is 0 Å². The first kappa shape index (κ1) is 11.8. The number of hydrogen-bond donors (Lipinski definition) is 3. The van der Waals surface area contributed by atoms with E-state index in [9.17, 15) is 9.59 Å². The van der Waals surface area contributed by atoms with Crippen molar-refractivity contribution >= 4 is 12.0 Å². The molecule has 0 aromatic heterocycles. The van der Waals surface area contributed by atoms with Crippen molar-refractivity contribution < 1.29 is 14.7 Å². The van der Waals surface area contributed by atoms with Crippen molar-refractivity contribution in [1.82, 2.24) is 10.6 Å². The minimum atomic E-state index is -0.878. The molecule has 3 N–H and O–H groups in total. The molecule has 0 aliphatic heterocycles. The highest BCUT2D eigenvalue weighted by Gasteiger charge is 2.65. The minimum absolute atomic E-state index is 0.191. The molecule has 0 aromatic carbocycles. The van der Waals surface area contributed by atoms with Crippen LogP contribution in [-0.2, 0) is 4.79 Å². The summed E-state index contributed by atoms with van der Waals surface area (Å²) in [5, 5.41) is 14.4. The molecule has 2 bridgehead atoms. The van der Waals surface area contributed by atoms with E-state index in [4.69, 9.17) is 5.11 Å². The summed E-state index contributed by atoms with van der Waals surface area (Å²) in [6.07, 6.45) is 4.04. The number of rotatable bonds is 4. The fourth-order valence-electron chi connectivity index (χ4n) is 4.05. The predicted molar refractivity (Wildman–Crippen MR) is 64.9 cm³/mol. The van der Waals surface area contributed by atoms with E-state index in [1.54, 1.807) is 6.92 Å². The molecule has 2 amide bonds. The third-order valence-corrected chi connectivity index (χ3v) is 5.02. The van der Waals surface area contributed by atoms with E-state index in [2.05, 4.69) is 10.6 Å². The summed E-state index contributed by atoms with van der Waals surface area (Å²) in [4.78, 5) is 22.3. The number of carboxylic acid groups (broad SMARTS) is 1. The van der Waals surface area contributed by atoms with Crippen LogP contribution in [0.2, 0.25) is 0 Å². The Morgan fingerprint density at radius 1 is 1.28 bits per heavy atom. The van der Waals surface area contributed by atoms with E-state index in [0.29, 0.717) is 17.9 Å².